The average Bonchev–Trinajstić information content (AvgIpc) is 2.81. The van der Waals surface area contributed by atoms with Gasteiger partial charge in [-0.1, -0.05) is 12.1 Å². The molecule has 4 heteroatoms. The molecule has 0 radical (unpaired) electrons. The fourth-order valence-corrected chi connectivity index (χ4v) is 3.43. The van der Waals surface area contributed by atoms with Crippen LogP contribution in [0.4, 0.5) is 5.69 Å². The van der Waals surface area contributed by atoms with Crippen molar-refractivity contribution in [1.29, 1.82) is 0 Å². The average molecular weight is 275 g/mol. The highest BCUT2D eigenvalue weighted by atomic mass is 16.5. The molecule has 1 unspecified atom stereocenters. The highest BCUT2D eigenvalue weighted by Gasteiger charge is 2.45. The number of hydrogen-bond acceptors (Lipinski definition) is 4. The maximum atomic E-state index is 10.2. The van der Waals surface area contributed by atoms with E-state index in [1.165, 1.54) is 19.3 Å². The molecule has 2 N–H and O–H groups in total. The molecule has 1 aliphatic carbocycles. The lowest BCUT2D eigenvalue weighted by atomic mass is 9.77. The first kappa shape index (κ1) is 12.6. The lowest BCUT2D eigenvalue weighted by Gasteiger charge is -2.37. The van der Waals surface area contributed by atoms with Gasteiger partial charge in [0.15, 0.2) is 0 Å². The zero-order valence-electron chi connectivity index (χ0n) is 11.6. The summed E-state index contributed by atoms with van der Waals surface area (Å²) in [6.45, 7) is 1.61. The first-order chi connectivity index (χ1) is 9.68. The van der Waals surface area contributed by atoms with Crippen LogP contribution in [0.15, 0.2) is 24.3 Å². The van der Waals surface area contributed by atoms with Crippen LogP contribution < -0.4 is 5.32 Å². The Morgan fingerprint density at radius 3 is 2.40 bits per heavy atom. The predicted octanol–water partition coefficient (Wildman–Crippen LogP) is 2.03. The van der Waals surface area contributed by atoms with Crippen molar-refractivity contribution >= 4 is 5.69 Å². The van der Waals surface area contributed by atoms with Crippen LogP contribution in [-0.2, 0) is 15.1 Å². The first-order valence-corrected chi connectivity index (χ1v) is 7.49. The van der Waals surface area contributed by atoms with Crippen molar-refractivity contribution in [3.63, 3.8) is 0 Å². The maximum absolute atomic E-state index is 10.2. The van der Waals surface area contributed by atoms with Gasteiger partial charge in [-0.3, -0.25) is 0 Å². The van der Waals surface area contributed by atoms with Crippen LogP contribution in [0.25, 0.3) is 0 Å². The lowest BCUT2D eigenvalue weighted by Crippen LogP contribution is -2.46. The lowest BCUT2D eigenvalue weighted by molar-refractivity contribution is -0.184. The van der Waals surface area contributed by atoms with E-state index < -0.39 is 5.60 Å². The van der Waals surface area contributed by atoms with Gasteiger partial charge in [0.2, 0.25) is 0 Å². The van der Waals surface area contributed by atoms with Crippen molar-refractivity contribution in [3.05, 3.63) is 29.8 Å². The van der Waals surface area contributed by atoms with Crippen molar-refractivity contribution in [2.75, 3.05) is 25.1 Å². The molecule has 2 saturated heterocycles. The number of rotatable bonds is 3. The molecule has 0 aromatic heterocycles. The Bertz CT molecular complexity index is 491. The van der Waals surface area contributed by atoms with Gasteiger partial charge < -0.3 is 19.9 Å². The predicted molar refractivity (Wildman–Crippen MR) is 75.7 cm³/mol. The molecule has 20 heavy (non-hydrogen) atoms. The third kappa shape index (κ3) is 2.03. The Kier molecular flexibility index (Phi) is 2.81. The normalized spacial score (nSPS) is 29.8. The molecule has 1 spiro atoms. The van der Waals surface area contributed by atoms with E-state index in [4.69, 9.17) is 9.47 Å². The Balaban J connectivity index is 1.40. The van der Waals surface area contributed by atoms with Gasteiger partial charge in [-0.05, 0) is 43.4 Å². The Morgan fingerprint density at radius 1 is 1.15 bits per heavy atom. The molecule has 3 aliphatic rings. The van der Waals surface area contributed by atoms with E-state index in [2.05, 4.69) is 5.32 Å². The van der Waals surface area contributed by atoms with E-state index >= 15 is 0 Å². The molecular weight excluding hydrogens is 254 g/mol. The molecule has 4 rings (SSSR count). The van der Waals surface area contributed by atoms with E-state index in [9.17, 15) is 5.11 Å². The molecule has 108 valence electrons. The SMILES string of the molecule is OC1(c2ccc(NC3COC4(CCC4)C3)cc2)COC1. The van der Waals surface area contributed by atoms with Gasteiger partial charge >= 0.3 is 0 Å². The zero-order valence-corrected chi connectivity index (χ0v) is 11.6. The fraction of sp³-hybridized carbons (Fsp3) is 0.625. The van der Waals surface area contributed by atoms with Crippen LogP contribution in [-0.4, -0.2) is 36.6 Å². The Hall–Kier alpha value is -1.10. The Labute approximate surface area is 119 Å². The molecule has 1 aromatic rings. The number of anilines is 1. The van der Waals surface area contributed by atoms with Crippen molar-refractivity contribution in [2.24, 2.45) is 0 Å². The zero-order chi connectivity index (χ0) is 13.6. The number of benzene rings is 1. The second-order valence-electron chi connectivity index (χ2n) is 6.49. The molecule has 1 saturated carbocycles. The van der Waals surface area contributed by atoms with Gasteiger partial charge in [0, 0.05) is 5.69 Å². The fourth-order valence-electron chi connectivity index (χ4n) is 3.43. The van der Waals surface area contributed by atoms with Gasteiger partial charge in [-0.2, -0.15) is 0 Å². The minimum absolute atomic E-state index is 0.191. The van der Waals surface area contributed by atoms with E-state index in [1.807, 2.05) is 24.3 Å². The van der Waals surface area contributed by atoms with Crippen LogP contribution >= 0.6 is 0 Å². The molecule has 2 heterocycles. The van der Waals surface area contributed by atoms with Crippen LogP contribution in [0.2, 0.25) is 0 Å². The number of aliphatic hydroxyl groups is 1. The van der Waals surface area contributed by atoms with Crippen LogP contribution in [0.3, 0.4) is 0 Å². The smallest absolute Gasteiger partial charge is 0.136 e. The van der Waals surface area contributed by atoms with Gasteiger partial charge in [0.1, 0.15) is 5.60 Å². The molecule has 2 aliphatic heterocycles. The summed E-state index contributed by atoms with van der Waals surface area (Å²) in [6.07, 6.45) is 4.86. The van der Waals surface area contributed by atoms with Crippen LogP contribution in [0.5, 0.6) is 0 Å². The van der Waals surface area contributed by atoms with E-state index in [-0.39, 0.29) is 5.60 Å². The van der Waals surface area contributed by atoms with Gasteiger partial charge in [-0.15, -0.1) is 0 Å². The van der Waals surface area contributed by atoms with Crippen LogP contribution in [0.1, 0.15) is 31.2 Å². The van der Waals surface area contributed by atoms with Crippen molar-refractivity contribution in [1.82, 2.24) is 0 Å². The molecular formula is C16H21NO3. The van der Waals surface area contributed by atoms with Gasteiger partial charge in [-0.25, -0.2) is 0 Å². The summed E-state index contributed by atoms with van der Waals surface area (Å²) < 4.78 is 11.0. The summed E-state index contributed by atoms with van der Waals surface area (Å²) in [5, 5.41) is 13.7. The summed E-state index contributed by atoms with van der Waals surface area (Å²) in [5.74, 6) is 0. The van der Waals surface area contributed by atoms with Crippen molar-refractivity contribution in [3.8, 4) is 0 Å². The van der Waals surface area contributed by atoms with Gasteiger partial charge in [0.25, 0.3) is 0 Å². The third-order valence-corrected chi connectivity index (χ3v) is 4.95. The highest BCUT2D eigenvalue weighted by molar-refractivity contribution is 5.47. The van der Waals surface area contributed by atoms with E-state index in [1.54, 1.807) is 0 Å². The second kappa shape index (κ2) is 4.45. The summed E-state index contributed by atoms with van der Waals surface area (Å²) in [6, 6.07) is 8.46. The summed E-state index contributed by atoms with van der Waals surface area (Å²) in [5.41, 5.74) is 1.45. The number of hydrogen-bond donors (Lipinski definition) is 2. The van der Waals surface area contributed by atoms with E-state index in [0.717, 1.165) is 24.3 Å². The maximum Gasteiger partial charge on any atom is 0.136 e. The quantitative estimate of drug-likeness (QED) is 0.886. The highest BCUT2D eigenvalue weighted by Crippen LogP contribution is 2.43. The first-order valence-electron chi connectivity index (χ1n) is 7.49. The summed E-state index contributed by atoms with van der Waals surface area (Å²) >= 11 is 0. The molecule has 4 nitrogen and oxygen atoms in total. The van der Waals surface area contributed by atoms with Gasteiger partial charge in [0.05, 0.1) is 31.5 Å². The van der Waals surface area contributed by atoms with Crippen molar-refractivity contribution < 1.29 is 14.6 Å². The molecule has 3 fully saturated rings. The molecule has 0 amide bonds. The summed E-state index contributed by atoms with van der Waals surface area (Å²) in [7, 11) is 0. The second-order valence-corrected chi connectivity index (χ2v) is 6.49. The number of ether oxygens (including phenoxy) is 2. The standard InChI is InChI=1S/C16H21NO3/c18-16(10-19-11-16)12-2-4-13(5-3-12)17-14-8-15(20-9-14)6-1-7-15/h2-5,14,17-18H,1,6-11H2. The van der Waals surface area contributed by atoms with Crippen LogP contribution in [0, 0.1) is 0 Å². The Morgan fingerprint density at radius 2 is 1.90 bits per heavy atom. The van der Waals surface area contributed by atoms with Crippen molar-refractivity contribution in [2.45, 2.75) is 42.9 Å². The monoisotopic (exact) mass is 275 g/mol. The third-order valence-electron chi connectivity index (χ3n) is 4.95. The molecule has 1 aromatic carbocycles. The largest absolute Gasteiger partial charge is 0.380 e. The topological polar surface area (TPSA) is 50.7 Å². The minimum atomic E-state index is -0.773. The molecule has 1 atom stereocenters. The molecule has 0 bridgehead atoms. The number of nitrogens with one attached hydrogen (secondary N) is 1. The minimum Gasteiger partial charge on any atom is -0.380 e. The van der Waals surface area contributed by atoms with E-state index in [0.29, 0.717) is 19.3 Å². The summed E-state index contributed by atoms with van der Waals surface area (Å²) in [4.78, 5) is 0.